The van der Waals surface area contributed by atoms with Crippen LogP contribution in [0.1, 0.15) is 20.3 Å². The number of hydrogen-bond acceptors (Lipinski definition) is 2. The number of hydrogen-bond donors (Lipinski definition) is 0. The molecule has 0 aromatic rings. The van der Waals surface area contributed by atoms with Crippen molar-refractivity contribution in [2.45, 2.75) is 20.3 Å². The van der Waals surface area contributed by atoms with Gasteiger partial charge in [-0.05, 0) is 13.3 Å². The molecule has 0 aliphatic rings. The van der Waals surface area contributed by atoms with Crippen LogP contribution < -0.4 is 0 Å². The van der Waals surface area contributed by atoms with Crippen LogP contribution in [0.3, 0.4) is 0 Å². The van der Waals surface area contributed by atoms with Crippen LogP contribution in [0.5, 0.6) is 0 Å². The van der Waals surface area contributed by atoms with Gasteiger partial charge in [-0.1, -0.05) is 25.2 Å². The second kappa shape index (κ2) is 5.71. The topological polar surface area (TPSA) is 26.3 Å². The molecule has 0 unspecified atom stereocenters. The molecule has 0 aromatic carbocycles. The summed E-state index contributed by atoms with van der Waals surface area (Å²) >= 11 is 0. The van der Waals surface area contributed by atoms with Gasteiger partial charge in [-0.2, -0.15) is 0 Å². The Morgan fingerprint density at radius 3 is 2.73 bits per heavy atom. The summed E-state index contributed by atoms with van der Waals surface area (Å²) in [4.78, 5) is 10.8. The van der Waals surface area contributed by atoms with Gasteiger partial charge < -0.3 is 4.74 Å². The van der Waals surface area contributed by atoms with Crippen molar-refractivity contribution in [3.8, 4) is 0 Å². The number of esters is 1. The number of ether oxygens (including phenoxy) is 1. The van der Waals surface area contributed by atoms with Gasteiger partial charge in [0.25, 0.3) is 0 Å². The molecule has 0 N–H and O–H groups in total. The molecule has 0 aromatic heterocycles. The lowest BCUT2D eigenvalue weighted by Gasteiger charge is -1.97. The van der Waals surface area contributed by atoms with E-state index in [-0.39, 0.29) is 12.6 Å². The minimum Gasteiger partial charge on any atom is -0.458 e. The maximum Gasteiger partial charge on any atom is 0.330 e. The van der Waals surface area contributed by atoms with Crippen LogP contribution in [-0.2, 0) is 9.53 Å². The Morgan fingerprint density at radius 1 is 1.64 bits per heavy atom. The van der Waals surface area contributed by atoms with Gasteiger partial charge in [0, 0.05) is 6.08 Å². The molecule has 0 spiro atoms. The molecule has 0 amide bonds. The third-order valence-electron chi connectivity index (χ3n) is 1.27. The summed E-state index contributed by atoms with van der Waals surface area (Å²) in [5, 5.41) is 0. The van der Waals surface area contributed by atoms with Gasteiger partial charge >= 0.3 is 5.97 Å². The number of carbonyl (C=O) groups excluding carboxylic acids is 1. The van der Waals surface area contributed by atoms with Crippen LogP contribution in [0.4, 0.5) is 0 Å². The third-order valence-corrected chi connectivity index (χ3v) is 1.27. The Balaban J connectivity index is 3.76. The van der Waals surface area contributed by atoms with E-state index in [4.69, 9.17) is 4.74 Å². The van der Waals surface area contributed by atoms with Crippen molar-refractivity contribution < 1.29 is 9.53 Å². The van der Waals surface area contributed by atoms with Crippen molar-refractivity contribution in [2.24, 2.45) is 0 Å². The summed E-state index contributed by atoms with van der Waals surface area (Å²) in [6.45, 7) is 7.61. The highest BCUT2D eigenvalue weighted by Gasteiger charge is 1.95. The van der Waals surface area contributed by atoms with Crippen LogP contribution in [-0.4, -0.2) is 12.6 Å². The third kappa shape index (κ3) is 5.40. The van der Waals surface area contributed by atoms with Crippen LogP contribution >= 0.6 is 0 Å². The predicted octanol–water partition coefficient (Wildman–Crippen LogP) is 2.07. The van der Waals surface area contributed by atoms with Crippen molar-refractivity contribution in [1.82, 2.24) is 0 Å². The second-order valence-corrected chi connectivity index (χ2v) is 2.26. The van der Waals surface area contributed by atoms with Gasteiger partial charge in [0.15, 0.2) is 0 Å². The van der Waals surface area contributed by atoms with Crippen molar-refractivity contribution >= 4 is 5.97 Å². The maximum absolute atomic E-state index is 10.8. The lowest BCUT2D eigenvalue weighted by Crippen LogP contribution is -2.00. The fraction of sp³-hybridized carbons (Fsp3) is 0.444. The molecule has 0 aliphatic heterocycles. The lowest BCUT2D eigenvalue weighted by atomic mass is 10.2. The first-order valence-corrected chi connectivity index (χ1v) is 3.65. The summed E-state index contributed by atoms with van der Waals surface area (Å²) in [5.41, 5.74) is 1.03. The summed E-state index contributed by atoms with van der Waals surface area (Å²) in [7, 11) is 0. The molecule has 0 fully saturated rings. The van der Waals surface area contributed by atoms with Crippen molar-refractivity contribution in [1.29, 1.82) is 0 Å². The first-order valence-electron chi connectivity index (χ1n) is 3.65. The number of rotatable bonds is 4. The molecule has 0 bridgehead atoms. The SMILES string of the molecule is C=CCOC(=O)/C=C(\C)CC. The predicted molar refractivity (Wildman–Crippen MR) is 45.2 cm³/mol. The van der Waals surface area contributed by atoms with E-state index in [9.17, 15) is 4.79 Å². The fourth-order valence-corrected chi connectivity index (χ4v) is 0.486. The average Bonchev–Trinajstić information content (AvgIpc) is 2.00. The van der Waals surface area contributed by atoms with Crippen LogP contribution in [0.2, 0.25) is 0 Å². The second-order valence-electron chi connectivity index (χ2n) is 2.26. The highest BCUT2D eigenvalue weighted by molar-refractivity contribution is 5.82. The maximum atomic E-state index is 10.8. The smallest absolute Gasteiger partial charge is 0.330 e. The quantitative estimate of drug-likeness (QED) is 0.352. The van der Waals surface area contributed by atoms with E-state index < -0.39 is 0 Å². The Bertz CT molecular complexity index is 168. The van der Waals surface area contributed by atoms with Crippen LogP contribution in [0.15, 0.2) is 24.3 Å². The van der Waals surface area contributed by atoms with E-state index in [1.165, 1.54) is 6.08 Å². The highest BCUT2D eigenvalue weighted by atomic mass is 16.5. The van der Waals surface area contributed by atoms with Crippen molar-refractivity contribution in [3.05, 3.63) is 24.3 Å². The standard InChI is InChI=1S/C9H14O2/c1-4-6-11-9(10)7-8(3)5-2/h4,7H,1,5-6H2,2-3H3/b8-7+. The largest absolute Gasteiger partial charge is 0.458 e. The monoisotopic (exact) mass is 154 g/mol. The molecule has 0 atom stereocenters. The van der Waals surface area contributed by atoms with Crippen molar-refractivity contribution in [3.63, 3.8) is 0 Å². The molecule has 2 nitrogen and oxygen atoms in total. The summed E-state index contributed by atoms with van der Waals surface area (Å²) in [6, 6.07) is 0. The summed E-state index contributed by atoms with van der Waals surface area (Å²) in [6.07, 6.45) is 3.93. The van der Waals surface area contributed by atoms with Gasteiger partial charge in [-0.15, -0.1) is 0 Å². The van der Waals surface area contributed by atoms with Crippen LogP contribution in [0, 0.1) is 0 Å². The Morgan fingerprint density at radius 2 is 2.27 bits per heavy atom. The number of allylic oxidation sites excluding steroid dienone is 1. The number of carbonyl (C=O) groups is 1. The molecule has 0 saturated heterocycles. The molecule has 0 rings (SSSR count). The minimum absolute atomic E-state index is 0.284. The molecule has 11 heavy (non-hydrogen) atoms. The zero-order chi connectivity index (χ0) is 8.69. The van der Waals surface area contributed by atoms with Gasteiger partial charge in [-0.3, -0.25) is 0 Å². The van der Waals surface area contributed by atoms with E-state index in [0.717, 1.165) is 12.0 Å². The summed E-state index contributed by atoms with van der Waals surface area (Å²) in [5.74, 6) is -0.288. The Hall–Kier alpha value is -1.05. The van der Waals surface area contributed by atoms with E-state index in [1.807, 2.05) is 13.8 Å². The minimum atomic E-state index is -0.288. The lowest BCUT2D eigenvalue weighted by molar-refractivity contribution is -0.136. The molecular weight excluding hydrogens is 140 g/mol. The highest BCUT2D eigenvalue weighted by Crippen LogP contribution is 1.97. The molecule has 0 heterocycles. The molecule has 0 radical (unpaired) electrons. The van der Waals surface area contributed by atoms with E-state index >= 15 is 0 Å². The molecule has 62 valence electrons. The van der Waals surface area contributed by atoms with Gasteiger partial charge in [0.1, 0.15) is 6.61 Å². The van der Waals surface area contributed by atoms with E-state index in [1.54, 1.807) is 6.08 Å². The normalized spacial score (nSPS) is 10.9. The van der Waals surface area contributed by atoms with E-state index in [2.05, 4.69) is 6.58 Å². The summed E-state index contributed by atoms with van der Waals surface area (Å²) < 4.78 is 4.73. The first-order chi connectivity index (χ1) is 5.20. The molecule has 0 aliphatic carbocycles. The fourth-order valence-electron chi connectivity index (χ4n) is 0.486. The first kappa shape index (κ1) is 9.95. The molecular formula is C9H14O2. The van der Waals surface area contributed by atoms with E-state index in [0.29, 0.717) is 0 Å². The Labute approximate surface area is 67.6 Å². The van der Waals surface area contributed by atoms with Crippen LogP contribution in [0.25, 0.3) is 0 Å². The molecule has 0 saturated carbocycles. The average molecular weight is 154 g/mol. The zero-order valence-electron chi connectivity index (χ0n) is 7.09. The Kier molecular flexibility index (Phi) is 5.17. The van der Waals surface area contributed by atoms with Gasteiger partial charge in [0.2, 0.25) is 0 Å². The van der Waals surface area contributed by atoms with Gasteiger partial charge in [0.05, 0.1) is 0 Å². The van der Waals surface area contributed by atoms with Gasteiger partial charge in [-0.25, -0.2) is 4.79 Å². The molecule has 2 heteroatoms. The van der Waals surface area contributed by atoms with Crippen molar-refractivity contribution in [2.75, 3.05) is 6.61 Å². The zero-order valence-corrected chi connectivity index (χ0v) is 7.09.